The van der Waals surface area contributed by atoms with E-state index in [2.05, 4.69) is 10.5 Å². The van der Waals surface area contributed by atoms with Gasteiger partial charge in [-0.25, -0.2) is 12.7 Å². The summed E-state index contributed by atoms with van der Waals surface area (Å²) in [6, 6.07) is 7.00. The van der Waals surface area contributed by atoms with E-state index < -0.39 is 10.0 Å². The molecule has 1 N–H and O–H groups in total. The van der Waals surface area contributed by atoms with Crippen LogP contribution >= 0.6 is 0 Å². The number of nitrogens with one attached hydrogen (secondary N) is 1. The predicted molar refractivity (Wildman–Crippen MR) is 75.9 cm³/mol. The van der Waals surface area contributed by atoms with Crippen molar-refractivity contribution < 1.29 is 12.9 Å². The summed E-state index contributed by atoms with van der Waals surface area (Å²) >= 11 is 0. The number of nitrogens with zero attached hydrogens (tertiary/aromatic N) is 2. The molecule has 0 bridgehead atoms. The maximum atomic E-state index is 12.2. The van der Waals surface area contributed by atoms with E-state index in [0.29, 0.717) is 17.0 Å². The third kappa shape index (κ3) is 3.00. The number of sulfonamides is 1. The molecule has 20 heavy (non-hydrogen) atoms. The van der Waals surface area contributed by atoms with Gasteiger partial charge in [-0.2, -0.15) is 0 Å². The highest BCUT2D eigenvalue weighted by atomic mass is 32.2. The Kier molecular flexibility index (Phi) is 4.10. The Morgan fingerprint density at radius 2 is 2.05 bits per heavy atom. The molecule has 0 fully saturated rings. The second-order valence-corrected chi connectivity index (χ2v) is 6.73. The lowest BCUT2D eigenvalue weighted by Gasteiger charge is -2.15. The number of benzene rings is 1. The van der Waals surface area contributed by atoms with Crippen LogP contribution in [0.25, 0.3) is 0 Å². The first-order valence-electron chi connectivity index (χ1n) is 6.07. The van der Waals surface area contributed by atoms with Crippen LogP contribution in [0, 0.1) is 6.92 Å². The minimum atomic E-state index is -3.44. The lowest BCUT2D eigenvalue weighted by Crippen LogP contribution is -2.23. The fraction of sp³-hybridized carbons (Fsp3) is 0.308. The van der Waals surface area contributed by atoms with E-state index >= 15 is 0 Å². The molecule has 0 atom stereocenters. The second-order valence-electron chi connectivity index (χ2n) is 4.61. The van der Waals surface area contributed by atoms with Crippen LogP contribution in [0.15, 0.2) is 39.9 Å². The third-order valence-electron chi connectivity index (χ3n) is 2.91. The Morgan fingerprint density at radius 3 is 2.65 bits per heavy atom. The van der Waals surface area contributed by atoms with Gasteiger partial charge in [0.05, 0.1) is 11.4 Å². The van der Waals surface area contributed by atoms with Gasteiger partial charge in [-0.3, -0.25) is 0 Å². The van der Waals surface area contributed by atoms with Crippen LogP contribution in [0.1, 0.15) is 11.3 Å². The molecule has 2 aromatic rings. The topological polar surface area (TPSA) is 75.4 Å². The smallest absolute Gasteiger partial charge is 0.242 e. The summed E-state index contributed by atoms with van der Waals surface area (Å²) < 4.78 is 30.4. The second kappa shape index (κ2) is 5.64. The molecule has 6 nitrogen and oxygen atoms in total. The zero-order chi connectivity index (χ0) is 14.8. The Labute approximate surface area is 118 Å². The fourth-order valence-corrected chi connectivity index (χ4v) is 2.85. The molecule has 1 aromatic heterocycles. The van der Waals surface area contributed by atoms with E-state index in [0.717, 1.165) is 11.4 Å². The van der Waals surface area contributed by atoms with Crippen molar-refractivity contribution in [3.63, 3.8) is 0 Å². The first-order chi connectivity index (χ1) is 9.41. The predicted octanol–water partition coefficient (Wildman–Crippen LogP) is 1.85. The molecule has 0 saturated carbocycles. The third-order valence-corrected chi connectivity index (χ3v) is 4.87. The molecule has 0 aliphatic heterocycles. The highest BCUT2D eigenvalue weighted by Gasteiger charge is 2.19. The van der Waals surface area contributed by atoms with Crippen molar-refractivity contribution in [2.45, 2.75) is 18.4 Å². The molecule has 0 amide bonds. The van der Waals surface area contributed by atoms with Crippen molar-refractivity contribution >= 4 is 15.7 Å². The first kappa shape index (κ1) is 14.5. The van der Waals surface area contributed by atoms with E-state index in [1.807, 2.05) is 6.07 Å². The number of hydrogen-bond donors (Lipinski definition) is 1. The van der Waals surface area contributed by atoms with Gasteiger partial charge >= 0.3 is 0 Å². The van der Waals surface area contributed by atoms with Crippen molar-refractivity contribution in [3.05, 3.63) is 41.8 Å². The molecule has 0 aliphatic carbocycles. The molecule has 108 valence electrons. The quantitative estimate of drug-likeness (QED) is 0.911. The summed E-state index contributed by atoms with van der Waals surface area (Å²) in [5, 5.41) is 6.90. The van der Waals surface area contributed by atoms with Crippen molar-refractivity contribution in [2.75, 3.05) is 19.4 Å². The maximum Gasteiger partial charge on any atom is 0.242 e. The lowest BCUT2D eigenvalue weighted by molar-refractivity contribution is 0.412. The molecule has 0 unspecified atom stereocenters. The molecule has 1 aromatic carbocycles. The van der Waals surface area contributed by atoms with Crippen LogP contribution in [0.2, 0.25) is 0 Å². The average molecular weight is 295 g/mol. The largest absolute Gasteiger partial charge is 0.379 e. The van der Waals surface area contributed by atoms with E-state index in [9.17, 15) is 8.42 Å². The number of anilines is 1. The summed E-state index contributed by atoms with van der Waals surface area (Å²) in [4.78, 5) is 0.299. The minimum Gasteiger partial charge on any atom is -0.379 e. The van der Waals surface area contributed by atoms with Gasteiger partial charge in [0, 0.05) is 25.8 Å². The molecule has 2 rings (SSSR count). The van der Waals surface area contributed by atoms with E-state index in [-0.39, 0.29) is 0 Å². The SMILES string of the molecule is Cc1ccc(NCc2ccon2)cc1S(=O)(=O)N(C)C. The normalized spacial score (nSPS) is 11.8. The summed E-state index contributed by atoms with van der Waals surface area (Å²) in [7, 11) is -0.407. The zero-order valence-electron chi connectivity index (χ0n) is 11.6. The van der Waals surface area contributed by atoms with Gasteiger partial charge in [0.15, 0.2) is 0 Å². The molecular weight excluding hydrogens is 278 g/mol. The Bertz CT molecular complexity index is 679. The Balaban J connectivity index is 2.25. The first-order valence-corrected chi connectivity index (χ1v) is 7.51. The number of aromatic nitrogens is 1. The molecule has 0 radical (unpaired) electrons. The Hall–Kier alpha value is -1.86. The standard InChI is InChI=1S/C13H17N3O3S/c1-10-4-5-11(14-9-12-6-7-19-15-12)8-13(10)20(17,18)16(2)3/h4-8,14H,9H2,1-3H3. The number of rotatable bonds is 5. The van der Waals surface area contributed by atoms with Crippen LogP contribution in [0.5, 0.6) is 0 Å². The van der Waals surface area contributed by atoms with Crippen molar-refractivity contribution in [3.8, 4) is 0 Å². The van der Waals surface area contributed by atoms with E-state index in [4.69, 9.17) is 4.52 Å². The van der Waals surface area contributed by atoms with Crippen molar-refractivity contribution in [1.82, 2.24) is 9.46 Å². The van der Waals surface area contributed by atoms with Gasteiger partial charge < -0.3 is 9.84 Å². The summed E-state index contributed by atoms with van der Waals surface area (Å²) in [6.45, 7) is 2.25. The maximum absolute atomic E-state index is 12.2. The highest BCUT2D eigenvalue weighted by Crippen LogP contribution is 2.22. The number of aryl methyl sites for hydroxylation is 1. The van der Waals surface area contributed by atoms with Crippen LogP contribution in [-0.4, -0.2) is 32.0 Å². The van der Waals surface area contributed by atoms with Crippen molar-refractivity contribution in [1.29, 1.82) is 0 Å². The monoisotopic (exact) mass is 295 g/mol. The molecule has 0 aliphatic rings. The van der Waals surface area contributed by atoms with E-state index in [1.165, 1.54) is 24.7 Å². The molecular formula is C13H17N3O3S. The summed E-state index contributed by atoms with van der Waals surface area (Å²) in [5.41, 5.74) is 2.19. The van der Waals surface area contributed by atoms with Gasteiger partial charge in [0.25, 0.3) is 0 Å². The van der Waals surface area contributed by atoms with Crippen LogP contribution in [0.3, 0.4) is 0 Å². The minimum absolute atomic E-state index is 0.299. The molecule has 1 heterocycles. The van der Waals surface area contributed by atoms with Gasteiger partial charge in [-0.1, -0.05) is 11.2 Å². The van der Waals surface area contributed by atoms with Gasteiger partial charge in [-0.15, -0.1) is 0 Å². The zero-order valence-corrected chi connectivity index (χ0v) is 12.4. The van der Waals surface area contributed by atoms with Gasteiger partial charge in [0.1, 0.15) is 12.0 Å². The van der Waals surface area contributed by atoms with Gasteiger partial charge in [0.2, 0.25) is 10.0 Å². The van der Waals surface area contributed by atoms with Crippen molar-refractivity contribution in [2.24, 2.45) is 0 Å². The average Bonchev–Trinajstić information content (AvgIpc) is 2.90. The summed E-state index contributed by atoms with van der Waals surface area (Å²) in [6.07, 6.45) is 1.49. The summed E-state index contributed by atoms with van der Waals surface area (Å²) in [5.74, 6) is 0. The van der Waals surface area contributed by atoms with E-state index in [1.54, 1.807) is 25.1 Å². The van der Waals surface area contributed by atoms with Gasteiger partial charge in [-0.05, 0) is 24.6 Å². The van der Waals surface area contributed by atoms with Crippen LogP contribution < -0.4 is 5.32 Å². The number of hydrogen-bond acceptors (Lipinski definition) is 5. The molecule has 7 heteroatoms. The highest BCUT2D eigenvalue weighted by molar-refractivity contribution is 7.89. The lowest BCUT2D eigenvalue weighted by atomic mass is 10.2. The van der Waals surface area contributed by atoms with Crippen LogP contribution in [-0.2, 0) is 16.6 Å². The van der Waals surface area contributed by atoms with Crippen LogP contribution in [0.4, 0.5) is 5.69 Å². The molecule has 0 saturated heterocycles. The molecule has 0 spiro atoms. The Morgan fingerprint density at radius 1 is 1.30 bits per heavy atom. The fourth-order valence-electron chi connectivity index (χ4n) is 1.71.